The fraction of sp³-hybridized carbons (Fsp3) is 0.455. The van der Waals surface area contributed by atoms with Gasteiger partial charge in [-0.25, -0.2) is 8.42 Å². The molecule has 5 nitrogen and oxygen atoms in total. The number of rotatable bonds is 5. The van der Waals surface area contributed by atoms with Crippen LogP contribution in [0.2, 0.25) is 0 Å². The summed E-state index contributed by atoms with van der Waals surface area (Å²) in [6.07, 6.45) is -3.48. The molecule has 2 aromatic rings. The van der Waals surface area contributed by atoms with E-state index in [0.717, 1.165) is 68.1 Å². The quantitative estimate of drug-likeness (QED) is 0.626. The summed E-state index contributed by atoms with van der Waals surface area (Å²) in [4.78, 5) is 4.37. The van der Waals surface area contributed by atoms with E-state index in [4.69, 9.17) is 0 Å². The van der Waals surface area contributed by atoms with Gasteiger partial charge in [-0.2, -0.15) is 17.5 Å². The van der Waals surface area contributed by atoms with Crippen LogP contribution in [0.25, 0.3) is 0 Å². The third kappa shape index (κ3) is 4.90. The molecule has 2 aromatic carbocycles. The Morgan fingerprint density at radius 2 is 1.66 bits per heavy atom. The van der Waals surface area contributed by atoms with Gasteiger partial charge in [-0.05, 0) is 48.4 Å². The van der Waals surface area contributed by atoms with Crippen molar-refractivity contribution in [1.82, 2.24) is 9.21 Å². The van der Waals surface area contributed by atoms with E-state index in [9.17, 15) is 21.6 Å². The molecule has 0 unspecified atom stereocenters. The molecule has 0 N–H and O–H groups in total. The first-order valence-electron chi connectivity index (χ1n) is 10.5. The predicted octanol–water partition coefficient (Wildman–Crippen LogP) is 4.36. The molecule has 0 radical (unpaired) electrons. The van der Waals surface area contributed by atoms with Crippen LogP contribution >= 0.6 is 12.4 Å². The monoisotopic (exact) mass is 489 g/mol. The summed E-state index contributed by atoms with van der Waals surface area (Å²) in [5.41, 5.74) is 1.91. The number of halogens is 4. The lowest BCUT2D eigenvalue weighted by Crippen LogP contribution is -2.46. The molecule has 2 aliphatic heterocycles. The second-order valence-electron chi connectivity index (χ2n) is 8.04. The molecular formula is C22H27ClF3N3O2S. The average Bonchev–Trinajstić information content (AvgIpc) is 3.19. The van der Waals surface area contributed by atoms with Gasteiger partial charge >= 0.3 is 6.18 Å². The van der Waals surface area contributed by atoms with Crippen LogP contribution in [0.1, 0.15) is 30.0 Å². The topological polar surface area (TPSA) is 43.9 Å². The highest BCUT2D eigenvalue weighted by atomic mass is 35.5. The molecule has 32 heavy (non-hydrogen) atoms. The molecule has 2 aliphatic rings. The van der Waals surface area contributed by atoms with Crippen molar-refractivity contribution < 1.29 is 21.6 Å². The van der Waals surface area contributed by atoms with Crippen molar-refractivity contribution in [2.24, 2.45) is 0 Å². The second-order valence-corrected chi connectivity index (χ2v) is 9.98. The van der Waals surface area contributed by atoms with Gasteiger partial charge in [0, 0.05) is 45.0 Å². The molecule has 0 amide bonds. The Morgan fingerprint density at radius 1 is 0.969 bits per heavy atom. The molecule has 0 bridgehead atoms. The molecule has 1 fully saturated rings. The number of piperazine rings is 1. The first-order chi connectivity index (χ1) is 14.7. The molecule has 0 atom stereocenters. The lowest BCUT2D eigenvalue weighted by atomic mass is 10.1. The largest absolute Gasteiger partial charge is 0.416 e. The van der Waals surface area contributed by atoms with E-state index in [-0.39, 0.29) is 30.4 Å². The van der Waals surface area contributed by atoms with Crippen molar-refractivity contribution >= 4 is 28.1 Å². The van der Waals surface area contributed by atoms with Crippen molar-refractivity contribution in [3.8, 4) is 0 Å². The summed E-state index contributed by atoms with van der Waals surface area (Å²) >= 11 is 0. The Kier molecular flexibility index (Phi) is 7.44. The van der Waals surface area contributed by atoms with E-state index in [1.165, 1.54) is 10.4 Å². The third-order valence-corrected chi connectivity index (χ3v) is 7.77. The number of fused-ring (bicyclic) bond motifs is 1. The Hall–Kier alpha value is -1.81. The first-order valence-corrected chi connectivity index (χ1v) is 11.9. The number of sulfonamides is 1. The molecule has 1 saturated heterocycles. The number of anilines is 1. The van der Waals surface area contributed by atoms with Crippen molar-refractivity contribution in [2.45, 2.75) is 37.5 Å². The highest BCUT2D eigenvalue weighted by Crippen LogP contribution is 2.36. The zero-order valence-corrected chi connectivity index (χ0v) is 19.4. The van der Waals surface area contributed by atoms with Crippen LogP contribution in [0.3, 0.4) is 0 Å². The maximum Gasteiger partial charge on any atom is 0.416 e. The Labute approximate surface area is 193 Å². The smallest absolute Gasteiger partial charge is 0.369 e. The molecule has 2 heterocycles. The summed E-state index contributed by atoms with van der Waals surface area (Å²) in [7, 11) is -4.05. The van der Waals surface area contributed by atoms with Gasteiger partial charge in [0.1, 0.15) is 0 Å². The number of hydrogen-bond donors (Lipinski definition) is 0. The van der Waals surface area contributed by atoms with Gasteiger partial charge in [-0.15, -0.1) is 12.4 Å². The van der Waals surface area contributed by atoms with Gasteiger partial charge in [-0.1, -0.05) is 25.1 Å². The van der Waals surface area contributed by atoms with Crippen LogP contribution in [-0.2, 0) is 29.3 Å². The third-order valence-electron chi connectivity index (χ3n) is 5.98. The van der Waals surface area contributed by atoms with Crippen LogP contribution in [0.15, 0.2) is 47.4 Å². The van der Waals surface area contributed by atoms with E-state index in [1.807, 2.05) is 18.2 Å². The van der Waals surface area contributed by atoms with Crippen LogP contribution in [0, 0.1) is 0 Å². The number of hydrogen-bond acceptors (Lipinski definition) is 4. The average molecular weight is 490 g/mol. The zero-order chi connectivity index (χ0) is 22.2. The lowest BCUT2D eigenvalue weighted by Gasteiger charge is -2.37. The lowest BCUT2D eigenvalue weighted by molar-refractivity contribution is -0.137. The standard InChI is InChI=1S/C22H26F3N3O2S.ClH/c1-2-9-26-10-12-27(13-11-26)21-8-3-5-17-15-28(16-20(17)21)31(29,30)19-7-4-6-18(14-19)22(23,24)25;/h3-8,14H,2,9-13,15-16H2,1H3;1H. The molecule has 4 rings (SSSR count). The Morgan fingerprint density at radius 3 is 2.31 bits per heavy atom. The highest BCUT2D eigenvalue weighted by molar-refractivity contribution is 7.89. The number of nitrogens with zero attached hydrogens (tertiary/aromatic N) is 3. The number of alkyl halides is 3. The predicted molar refractivity (Wildman–Crippen MR) is 121 cm³/mol. The minimum absolute atomic E-state index is 0. The van der Waals surface area contributed by atoms with Crippen LogP contribution in [0.5, 0.6) is 0 Å². The van der Waals surface area contributed by atoms with E-state index < -0.39 is 21.8 Å². The second kappa shape index (κ2) is 9.59. The summed E-state index contributed by atoms with van der Waals surface area (Å²) in [5, 5.41) is 0. The first kappa shape index (κ1) is 24.8. The van der Waals surface area contributed by atoms with Crippen molar-refractivity contribution in [3.05, 3.63) is 59.2 Å². The number of benzene rings is 2. The molecular weight excluding hydrogens is 463 g/mol. The van der Waals surface area contributed by atoms with Crippen molar-refractivity contribution in [1.29, 1.82) is 0 Å². The van der Waals surface area contributed by atoms with E-state index in [1.54, 1.807) is 0 Å². The molecule has 10 heteroatoms. The maximum atomic E-state index is 13.1. The normalized spacial score (nSPS) is 17.8. The zero-order valence-electron chi connectivity index (χ0n) is 17.8. The Bertz CT molecular complexity index is 1050. The van der Waals surface area contributed by atoms with E-state index in [0.29, 0.717) is 6.07 Å². The van der Waals surface area contributed by atoms with Crippen LogP contribution in [-0.4, -0.2) is 50.3 Å². The van der Waals surface area contributed by atoms with E-state index >= 15 is 0 Å². The minimum Gasteiger partial charge on any atom is -0.369 e. The van der Waals surface area contributed by atoms with Gasteiger partial charge in [0.05, 0.1) is 10.5 Å². The fourth-order valence-corrected chi connectivity index (χ4v) is 5.78. The highest BCUT2D eigenvalue weighted by Gasteiger charge is 2.36. The molecule has 0 aromatic heterocycles. The molecule has 0 spiro atoms. The van der Waals surface area contributed by atoms with Gasteiger partial charge in [0.2, 0.25) is 10.0 Å². The van der Waals surface area contributed by atoms with Gasteiger partial charge in [-0.3, -0.25) is 4.90 Å². The SMILES string of the molecule is CCCN1CCN(c2cccc3c2CN(S(=O)(=O)c2cccc(C(F)(F)F)c2)C3)CC1.Cl. The summed E-state index contributed by atoms with van der Waals surface area (Å²) in [6.45, 7) is 7.23. The van der Waals surface area contributed by atoms with Crippen molar-refractivity contribution in [3.63, 3.8) is 0 Å². The minimum atomic E-state index is -4.59. The van der Waals surface area contributed by atoms with Gasteiger partial charge in [0.15, 0.2) is 0 Å². The summed E-state index contributed by atoms with van der Waals surface area (Å²) < 4.78 is 66.7. The molecule has 0 saturated carbocycles. The van der Waals surface area contributed by atoms with Crippen LogP contribution in [0.4, 0.5) is 18.9 Å². The molecule has 176 valence electrons. The van der Waals surface area contributed by atoms with E-state index in [2.05, 4.69) is 16.7 Å². The maximum absolute atomic E-state index is 13.1. The van der Waals surface area contributed by atoms with Gasteiger partial charge < -0.3 is 4.90 Å². The Balaban J connectivity index is 0.00000289. The molecule has 0 aliphatic carbocycles. The van der Waals surface area contributed by atoms with Crippen LogP contribution < -0.4 is 4.90 Å². The summed E-state index contributed by atoms with van der Waals surface area (Å²) in [6, 6.07) is 9.79. The summed E-state index contributed by atoms with van der Waals surface area (Å²) in [5.74, 6) is 0. The van der Waals surface area contributed by atoms with Crippen molar-refractivity contribution in [2.75, 3.05) is 37.6 Å². The van der Waals surface area contributed by atoms with Gasteiger partial charge in [0.25, 0.3) is 0 Å². The fourth-order valence-electron chi connectivity index (χ4n) is 4.35.